The van der Waals surface area contributed by atoms with E-state index in [-0.39, 0.29) is 23.0 Å². The van der Waals surface area contributed by atoms with Gasteiger partial charge in [-0.2, -0.15) is 5.10 Å². The van der Waals surface area contributed by atoms with Gasteiger partial charge in [-0.25, -0.2) is 4.98 Å². The number of aromatic amines is 2. The zero-order chi connectivity index (χ0) is 23.5. The van der Waals surface area contributed by atoms with Crippen molar-refractivity contribution in [2.45, 2.75) is 44.9 Å². The van der Waals surface area contributed by atoms with Crippen LogP contribution in [0.15, 0.2) is 79.1 Å². The van der Waals surface area contributed by atoms with Gasteiger partial charge in [-0.15, -0.1) is 17.0 Å². The highest BCUT2D eigenvalue weighted by atomic mass is 79.9. The van der Waals surface area contributed by atoms with Crippen LogP contribution >= 0.6 is 17.0 Å². The monoisotopic (exact) mass is 543 g/mol. The molecule has 1 aliphatic rings. The highest BCUT2D eigenvalue weighted by Gasteiger charge is 2.28. The first-order valence-corrected chi connectivity index (χ1v) is 12.2. The fraction of sp³-hybridized carbons (Fsp3) is 0.250. The lowest BCUT2D eigenvalue weighted by Crippen LogP contribution is -2.31. The normalized spacial score (nSPS) is 15.0. The van der Waals surface area contributed by atoms with E-state index in [0.717, 1.165) is 55.2 Å². The Morgan fingerprint density at radius 3 is 2.64 bits per heavy atom. The molecule has 5 aromatic rings. The summed E-state index contributed by atoms with van der Waals surface area (Å²) in [6.45, 7) is 2.33. The Morgan fingerprint density at radius 2 is 1.81 bits per heavy atom. The van der Waals surface area contributed by atoms with E-state index in [1.807, 2.05) is 30.6 Å². The molecule has 0 saturated carbocycles. The van der Waals surface area contributed by atoms with Crippen molar-refractivity contribution in [2.75, 3.05) is 5.32 Å². The average Bonchev–Trinajstić information content (AvgIpc) is 3.57. The number of hydrogen-bond acceptors (Lipinski definition) is 5. The van der Waals surface area contributed by atoms with Crippen LogP contribution in [0.2, 0.25) is 0 Å². The van der Waals surface area contributed by atoms with Gasteiger partial charge < -0.3 is 10.3 Å². The number of para-hydroxylation sites is 2. The van der Waals surface area contributed by atoms with Crippen molar-refractivity contribution in [3.8, 4) is 0 Å². The van der Waals surface area contributed by atoms with Crippen LogP contribution in [0.1, 0.15) is 47.1 Å². The predicted molar refractivity (Wildman–Crippen MR) is 148 cm³/mol. The average molecular weight is 545 g/mol. The number of benzene rings is 2. The quantitative estimate of drug-likeness (QED) is 0.225. The van der Waals surface area contributed by atoms with Crippen LogP contribution in [-0.4, -0.2) is 30.0 Å². The standard InChI is InChI=1S/C28H29N7.BrH/c1-2-8-24-23(7-1)32-27(33-24)19-35(25-9-3-5-22-6-4-15-29-28(22)25)18-21-12-10-20(11-13-21)17-30-26-14-16-31-34-26;/h1-2,4,6-8,10-16,25H,3,5,9,17-19H2,(H,32,33)(H2,30,31,34);1H. The van der Waals surface area contributed by atoms with E-state index >= 15 is 0 Å². The maximum Gasteiger partial charge on any atom is 0.147 e. The number of nitrogens with one attached hydrogen (secondary N) is 3. The first-order chi connectivity index (χ1) is 17.3. The summed E-state index contributed by atoms with van der Waals surface area (Å²) in [5.41, 5.74) is 7.20. The highest BCUT2D eigenvalue weighted by Crippen LogP contribution is 2.34. The van der Waals surface area contributed by atoms with Crippen molar-refractivity contribution in [3.63, 3.8) is 0 Å². The minimum atomic E-state index is 0. The molecule has 2 aromatic carbocycles. The van der Waals surface area contributed by atoms with Crippen LogP contribution in [0.4, 0.5) is 5.82 Å². The number of pyridine rings is 1. The molecule has 184 valence electrons. The number of H-pyrrole nitrogens is 2. The van der Waals surface area contributed by atoms with Crippen molar-refractivity contribution in [2.24, 2.45) is 0 Å². The zero-order valence-electron chi connectivity index (χ0n) is 20.0. The lowest BCUT2D eigenvalue weighted by molar-refractivity contribution is 0.153. The Kier molecular flexibility index (Phi) is 7.44. The molecule has 0 spiro atoms. The number of hydrogen-bond donors (Lipinski definition) is 3. The number of fused-ring (bicyclic) bond motifs is 2. The molecule has 0 amide bonds. The molecule has 36 heavy (non-hydrogen) atoms. The minimum Gasteiger partial charge on any atom is -0.365 e. The number of nitrogens with zero attached hydrogens (tertiary/aromatic N) is 4. The number of aryl methyl sites for hydroxylation is 1. The third-order valence-electron chi connectivity index (χ3n) is 6.78. The second-order valence-corrected chi connectivity index (χ2v) is 9.19. The van der Waals surface area contributed by atoms with E-state index in [1.54, 1.807) is 0 Å². The van der Waals surface area contributed by atoms with E-state index in [2.05, 4.69) is 73.9 Å². The second kappa shape index (κ2) is 11.1. The highest BCUT2D eigenvalue weighted by molar-refractivity contribution is 8.93. The van der Waals surface area contributed by atoms with E-state index in [0.29, 0.717) is 0 Å². The Hall–Kier alpha value is -3.49. The molecule has 3 aromatic heterocycles. The van der Waals surface area contributed by atoms with Gasteiger partial charge in [0.1, 0.15) is 11.6 Å². The number of aromatic nitrogens is 5. The molecule has 1 aliphatic carbocycles. The molecule has 0 fully saturated rings. The molecular weight excluding hydrogens is 514 g/mol. The summed E-state index contributed by atoms with van der Waals surface area (Å²) < 4.78 is 0. The number of imidazole rings is 1. The molecule has 0 bridgehead atoms. The molecule has 6 rings (SSSR count). The first-order valence-electron chi connectivity index (χ1n) is 12.2. The van der Waals surface area contributed by atoms with Gasteiger partial charge in [-0.05, 0) is 60.2 Å². The molecule has 3 heterocycles. The van der Waals surface area contributed by atoms with Crippen molar-refractivity contribution >= 4 is 33.8 Å². The largest absolute Gasteiger partial charge is 0.365 e. The van der Waals surface area contributed by atoms with Crippen LogP contribution in [0.3, 0.4) is 0 Å². The van der Waals surface area contributed by atoms with Gasteiger partial charge in [-0.3, -0.25) is 15.0 Å². The summed E-state index contributed by atoms with van der Waals surface area (Å²) in [5, 5.41) is 10.3. The number of rotatable bonds is 8. The molecule has 7 nitrogen and oxygen atoms in total. The van der Waals surface area contributed by atoms with Gasteiger partial charge in [0.05, 0.1) is 29.3 Å². The Balaban J connectivity index is 0.00000267. The van der Waals surface area contributed by atoms with E-state index < -0.39 is 0 Å². The molecule has 8 heteroatoms. The second-order valence-electron chi connectivity index (χ2n) is 9.19. The van der Waals surface area contributed by atoms with Crippen LogP contribution in [-0.2, 0) is 26.1 Å². The van der Waals surface area contributed by atoms with Crippen LogP contribution in [0, 0.1) is 0 Å². The first kappa shape index (κ1) is 24.2. The van der Waals surface area contributed by atoms with Crippen LogP contribution in [0.25, 0.3) is 11.0 Å². The maximum atomic E-state index is 4.87. The topological polar surface area (TPSA) is 85.5 Å². The van der Waals surface area contributed by atoms with Gasteiger partial charge >= 0.3 is 0 Å². The van der Waals surface area contributed by atoms with Gasteiger partial charge in [0.2, 0.25) is 0 Å². The van der Waals surface area contributed by atoms with E-state index in [4.69, 9.17) is 9.97 Å². The van der Waals surface area contributed by atoms with E-state index in [1.165, 1.54) is 28.8 Å². The predicted octanol–water partition coefficient (Wildman–Crippen LogP) is 5.95. The summed E-state index contributed by atoms with van der Waals surface area (Å²) in [7, 11) is 0. The fourth-order valence-electron chi connectivity index (χ4n) is 5.04. The fourth-order valence-corrected chi connectivity index (χ4v) is 5.04. The van der Waals surface area contributed by atoms with Crippen LogP contribution < -0.4 is 5.32 Å². The van der Waals surface area contributed by atoms with Gasteiger partial charge in [0.15, 0.2) is 0 Å². The summed E-state index contributed by atoms with van der Waals surface area (Å²) in [6, 6.07) is 23.6. The molecule has 0 radical (unpaired) electrons. The molecule has 3 N–H and O–H groups in total. The molecular formula is C28H30BrN7. The summed E-state index contributed by atoms with van der Waals surface area (Å²) in [6.07, 6.45) is 7.14. The van der Waals surface area contributed by atoms with Crippen LogP contribution in [0.5, 0.6) is 0 Å². The Labute approximate surface area is 221 Å². The summed E-state index contributed by atoms with van der Waals surface area (Å²) in [5.74, 6) is 1.85. The number of halogens is 1. The van der Waals surface area contributed by atoms with Crippen molar-refractivity contribution in [1.82, 2.24) is 30.0 Å². The molecule has 1 unspecified atom stereocenters. The van der Waals surface area contributed by atoms with Crippen molar-refractivity contribution in [3.05, 3.63) is 107 Å². The lowest BCUT2D eigenvalue weighted by Gasteiger charge is -2.34. The van der Waals surface area contributed by atoms with E-state index in [9.17, 15) is 0 Å². The Bertz CT molecular complexity index is 1360. The third-order valence-corrected chi connectivity index (χ3v) is 6.78. The minimum absolute atomic E-state index is 0. The molecule has 0 aliphatic heterocycles. The maximum absolute atomic E-state index is 4.87. The van der Waals surface area contributed by atoms with Crippen molar-refractivity contribution in [1.29, 1.82) is 0 Å². The Morgan fingerprint density at radius 1 is 0.944 bits per heavy atom. The zero-order valence-corrected chi connectivity index (χ0v) is 21.7. The van der Waals surface area contributed by atoms with Gasteiger partial charge in [-0.1, -0.05) is 42.5 Å². The lowest BCUT2D eigenvalue weighted by atomic mass is 9.90. The van der Waals surface area contributed by atoms with Crippen molar-refractivity contribution < 1.29 is 0 Å². The number of anilines is 1. The summed E-state index contributed by atoms with van der Waals surface area (Å²) >= 11 is 0. The third kappa shape index (κ3) is 5.34. The van der Waals surface area contributed by atoms with Gasteiger partial charge in [0.25, 0.3) is 0 Å². The SMILES string of the molecule is Br.c1cnc2c(c1)CCCC2N(Cc1ccc(CNc2cc[nH]n2)cc1)Cc1nc2ccccc2[nH]1. The summed E-state index contributed by atoms with van der Waals surface area (Å²) in [4.78, 5) is 15.7. The smallest absolute Gasteiger partial charge is 0.147 e. The molecule has 1 atom stereocenters. The van der Waals surface area contributed by atoms with Gasteiger partial charge in [0, 0.05) is 25.5 Å². The molecule has 0 saturated heterocycles.